The highest BCUT2D eigenvalue weighted by atomic mass is 32.1. The van der Waals surface area contributed by atoms with Crippen molar-refractivity contribution in [2.75, 3.05) is 5.32 Å². The molecule has 4 aliphatic carbocycles. The molecule has 0 radical (unpaired) electrons. The molecule has 1 amide bonds. The van der Waals surface area contributed by atoms with E-state index < -0.39 is 0 Å². The first kappa shape index (κ1) is 25.7. The van der Waals surface area contributed by atoms with E-state index in [1.807, 2.05) is 13.8 Å². The van der Waals surface area contributed by atoms with E-state index >= 15 is 0 Å². The quantitative estimate of drug-likeness (QED) is 0.454. The summed E-state index contributed by atoms with van der Waals surface area (Å²) < 4.78 is 0. The minimum atomic E-state index is -0.224. The fourth-order valence-corrected chi connectivity index (χ4v) is 10.3. The number of anilines is 1. The molecule has 0 aliphatic heterocycles. The van der Waals surface area contributed by atoms with Crippen molar-refractivity contribution in [1.82, 2.24) is 4.98 Å². The molecule has 4 saturated carbocycles. The van der Waals surface area contributed by atoms with Gasteiger partial charge in [-0.25, -0.2) is 4.98 Å². The number of aromatic nitrogens is 1. The van der Waals surface area contributed by atoms with Gasteiger partial charge >= 0.3 is 0 Å². The Bertz CT molecular complexity index is 929. The lowest BCUT2D eigenvalue weighted by molar-refractivity contribution is -0.174. The first-order valence-corrected chi connectivity index (χ1v) is 14.9. The van der Waals surface area contributed by atoms with Crippen molar-refractivity contribution in [1.29, 1.82) is 0 Å². The number of carbonyl (C=O) groups excluding carboxylic acids is 1. The van der Waals surface area contributed by atoms with E-state index in [0.29, 0.717) is 41.9 Å². The molecule has 196 valence electrons. The predicted octanol–water partition coefficient (Wildman–Crippen LogP) is 6.11. The number of hydrogen-bond donors (Lipinski definition) is 3. The van der Waals surface area contributed by atoms with E-state index in [2.05, 4.69) is 31.1 Å². The van der Waals surface area contributed by atoms with Crippen molar-refractivity contribution in [3.05, 3.63) is 10.6 Å². The molecule has 0 bridgehead atoms. The molecule has 1 aromatic rings. The minimum absolute atomic E-state index is 0.0789. The second-order valence-corrected chi connectivity index (χ2v) is 14.4. The van der Waals surface area contributed by atoms with Crippen LogP contribution in [-0.4, -0.2) is 33.3 Å². The fourth-order valence-electron chi connectivity index (χ4n) is 9.44. The standard InChI is InChI=1S/C29H46N2O3S/c1-16(6-9-25(34)31-27-30-17(2)18(3)35-27)21-7-8-22-26-23(11-13-29(21,22)5)28(4)12-10-20(32)14-19(28)15-24(26)33/h16,19-24,26,32-33H,6-15H2,1-5H3,(H,30,31,34). The highest BCUT2D eigenvalue weighted by molar-refractivity contribution is 7.15. The van der Waals surface area contributed by atoms with E-state index in [1.165, 1.54) is 25.7 Å². The summed E-state index contributed by atoms with van der Waals surface area (Å²) in [4.78, 5) is 18.3. The molecule has 35 heavy (non-hydrogen) atoms. The zero-order chi connectivity index (χ0) is 25.1. The normalized spacial score (nSPS) is 43.7. The number of hydrogen-bond acceptors (Lipinski definition) is 5. The second kappa shape index (κ2) is 9.40. The molecule has 3 N–H and O–H groups in total. The van der Waals surface area contributed by atoms with Crippen molar-refractivity contribution in [3.63, 3.8) is 0 Å². The van der Waals surface area contributed by atoms with Gasteiger partial charge < -0.3 is 15.5 Å². The average Bonchev–Trinajstić information content (AvgIpc) is 3.31. The molecule has 6 heteroatoms. The molecule has 4 fully saturated rings. The number of amides is 1. The Morgan fingerprint density at radius 1 is 1.09 bits per heavy atom. The van der Waals surface area contributed by atoms with Crippen LogP contribution in [0.3, 0.4) is 0 Å². The van der Waals surface area contributed by atoms with E-state index in [9.17, 15) is 15.0 Å². The molecule has 0 saturated heterocycles. The Labute approximate surface area is 215 Å². The topological polar surface area (TPSA) is 82.5 Å². The lowest BCUT2D eigenvalue weighted by atomic mass is 9.43. The monoisotopic (exact) mass is 502 g/mol. The van der Waals surface area contributed by atoms with Crippen molar-refractivity contribution < 1.29 is 15.0 Å². The van der Waals surface area contributed by atoms with Crippen LogP contribution in [0.1, 0.15) is 95.6 Å². The largest absolute Gasteiger partial charge is 0.393 e. The van der Waals surface area contributed by atoms with Gasteiger partial charge in [-0.15, -0.1) is 11.3 Å². The van der Waals surface area contributed by atoms with Gasteiger partial charge in [0.25, 0.3) is 0 Å². The molecule has 1 heterocycles. The lowest BCUT2D eigenvalue weighted by Gasteiger charge is -2.62. The van der Waals surface area contributed by atoms with Crippen molar-refractivity contribution in [3.8, 4) is 0 Å². The number of aliphatic hydroxyl groups excluding tert-OH is 2. The SMILES string of the molecule is Cc1nc(NC(=O)CCC(C)C2CCC3C4C(O)CC5CC(O)CCC5(C)C4CCC23C)sc1C. The van der Waals surface area contributed by atoms with E-state index in [-0.39, 0.29) is 28.9 Å². The lowest BCUT2D eigenvalue weighted by Crippen LogP contribution is -2.58. The number of thiazole rings is 1. The zero-order valence-corrected chi connectivity index (χ0v) is 23.2. The summed E-state index contributed by atoms with van der Waals surface area (Å²) >= 11 is 1.55. The number of fused-ring (bicyclic) bond motifs is 5. The Hall–Kier alpha value is -0.980. The summed E-state index contributed by atoms with van der Waals surface area (Å²) in [5, 5.41) is 25.5. The first-order chi connectivity index (χ1) is 16.5. The number of nitrogens with zero attached hydrogens (tertiary/aromatic N) is 1. The Kier molecular flexibility index (Phi) is 6.89. The molecule has 4 aliphatic rings. The van der Waals surface area contributed by atoms with Gasteiger partial charge in [-0.05, 0) is 118 Å². The number of carbonyl (C=O) groups is 1. The smallest absolute Gasteiger partial charge is 0.226 e. The minimum Gasteiger partial charge on any atom is -0.393 e. The number of rotatable bonds is 5. The third kappa shape index (κ3) is 4.40. The molecule has 5 nitrogen and oxygen atoms in total. The molecule has 5 rings (SSSR count). The Balaban J connectivity index is 1.24. The van der Waals surface area contributed by atoms with Gasteiger partial charge in [-0.2, -0.15) is 0 Å². The second-order valence-electron chi connectivity index (χ2n) is 13.2. The first-order valence-electron chi connectivity index (χ1n) is 14.1. The maximum absolute atomic E-state index is 12.6. The Morgan fingerprint density at radius 2 is 1.80 bits per heavy atom. The van der Waals surface area contributed by atoms with Crippen LogP contribution >= 0.6 is 11.3 Å². The van der Waals surface area contributed by atoms with E-state index in [0.717, 1.165) is 47.8 Å². The summed E-state index contributed by atoms with van der Waals surface area (Å²) in [6.07, 6.45) is 9.75. The number of nitrogens with one attached hydrogen (secondary N) is 1. The van der Waals surface area contributed by atoms with E-state index in [1.54, 1.807) is 11.3 Å². The van der Waals surface area contributed by atoms with Crippen LogP contribution in [0.5, 0.6) is 0 Å². The summed E-state index contributed by atoms with van der Waals surface area (Å²) in [7, 11) is 0. The van der Waals surface area contributed by atoms with Crippen molar-refractivity contribution in [2.24, 2.45) is 46.3 Å². The van der Waals surface area contributed by atoms with Crippen LogP contribution in [0, 0.1) is 60.2 Å². The summed E-state index contributed by atoms with van der Waals surface area (Å²) in [6, 6.07) is 0. The van der Waals surface area contributed by atoms with Crippen LogP contribution in [0.2, 0.25) is 0 Å². The van der Waals surface area contributed by atoms with Crippen LogP contribution in [0.15, 0.2) is 0 Å². The van der Waals surface area contributed by atoms with Crippen LogP contribution in [0.4, 0.5) is 5.13 Å². The predicted molar refractivity (Wildman–Crippen MR) is 141 cm³/mol. The van der Waals surface area contributed by atoms with Gasteiger partial charge in [0.1, 0.15) is 0 Å². The molecule has 1 aromatic heterocycles. The van der Waals surface area contributed by atoms with Crippen LogP contribution in [0.25, 0.3) is 0 Å². The molecule has 10 unspecified atom stereocenters. The molecule has 10 atom stereocenters. The van der Waals surface area contributed by atoms with Gasteiger partial charge in [-0.3, -0.25) is 4.79 Å². The highest BCUT2D eigenvalue weighted by Gasteiger charge is 2.62. The van der Waals surface area contributed by atoms with Gasteiger partial charge in [0.05, 0.1) is 17.9 Å². The summed E-state index contributed by atoms with van der Waals surface area (Å²) in [5.74, 6) is 3.25. The number of aryl methyl sites for hydroxylation is 2. The van der Waals surface area contributed by atoms with Gasteiger partial charge in [0.2, 0.25) is 5.91 Å². The average molecular weight is 503 g/mol. The fraction of sp³-hybridized carbons (Fsp3) is 0.862. The zero-order valence-electron chi connectivity index (χ0n) is 22.3. The van der Waals surface area contributed by atoms with Crippen LogP contribution in [-0.2, 0) is 4.79 Å². The van der Waals surface area contributed by atoms with Gasteiger partial charge in [0.15, 0.2) is 5.13 Å². The van der Waals surface area contributed by atoms with E-state index in [4.69, 9.17) is 0 Å². The maximum atomic E-state index is 12.6. The molecular weight excluding hydrogens is 456 g/mol. The van der Waals surface area contributed by atoms with Gasteiger partial charge in [0, 0.05) is 11.3 Å². The van der Waals surface area contributed by atoms with Crippen molar-refractivity contribution in [2.45, 2.75) is 111 Å². The van der Waals surface area contributed by atoms with Crippen molar-refractivity contribution >= 4 is 22.4 Å². The molecule has 0 aromatic carbocycles. The third-order valence-corrected chi connectivity index (χ3v) is 12.5. The number of aliphatic hydroxyl groups is 2. The third-order valence-electron chi connectivity index (χ3n) is 11.5. The van der Waals surface area contributed by atoms with Crippen LogP contribution < -0.4 is 5.32 Å². The maximum Gasteiger partial charge on any atom is 0.226 e. The highest BCUT2D eigenvalue weighted by Crippen LogP contribution is 2.68. The van der Waals surface area contributed by atoms with Gasteiger partial charge in [-0.1, -0.05) is 20.8 Å². The Morgan fingerprint density at radius 3 is 2.51 bits per heavy atom. The molecular formula is C29H46N2O3S. The summed E-state index contributed by atoms with van der Waals surface area (Å²) in [5.41, 5.74) is 1.53. The summed E-state index contributed by atoms with van der Waals surface area (Å²) in [6.45, 7) is 11.4. The molecule has 0 spiro atoms.